The number of carbonyl (C=O) groups is 1. The van der Waals surface area contributed by atoms with Crippen LogP contribution in [-0.4, -0.2) is 20.4 Å². The van der Waals surface area contributed by atoms with Gasteiger partial charge in [-0.25, -0.2) is 10.9 Å². The SMILES string of the molecule is NN1C=C(c2ccccc2)n2c([N+](=O)[O-])cc3c2C(=CCC3)C1=O. The Kier molecular flexibility index (Phi) is 3.10. The average Bonchev–Trinajstić information content (AvgIpc) is 2.94. The molecule has 1 aliphatic carbocycles. The number of nitrogens with zero attached hydrogens (tertiary/aromatic N) is 3. The van der Waals surface area contributed by atoms with Gasteiger partial charge in [-0.1, -0.05) is 36.4 Å². The van der Waals surface area contributed by atoms with Gasteiger partial charge in [0.05, 0.1) is 11.8 Å². The summed E-state index contributed by atoms with van der Waals surface area (Å²) in [5.74, 6) is 5.47. The number of aromatic nitrogens is 1. The summed E-state index contributed by atoms with van der Waals surface area (Å²) in [6.07, 6.45) is 4.56. The van der Waals surface area contributed by atoms with E-state index in [1.165, 1.54) is 10.8 Å². The van der Waals surface area contributed by atoms with E-state index >= 15 is 0 Å². The number of hydrazine groups is 1. The number of aryl methyl sites for hydroxylation is 1. The second-order valence-corrected chi connectivity index (χ2v) is 5.72. The van der Waals surface area contributed by atoms with E-state index in [1.807, 2.05) is 30.3 Å². The lowest BCUT2D eigenvalue weighted by molar-refractivity contribution is -0.390. The third-order valence-electron chi connectivity index (χ3n) is 4.30. The molecule has 24 heavy (non-hydrogen) atoms. The minimum atomic E-state index is -0.427. The predicted octanol–water partition coefficient (Wildman–Crippen LogP) is 2.29. The van der Waals surface area contributed by atoms with Crippen molar-refractivity contribution in [2.24, 2.45) is 5.84 Å². The van der Waals surface area contributed by atoms with E-state index in [2.05, 4.69) is 0 Å². The summed E-state index contributed by atoms with van der Waals surface area (Å²) in [4.78, 5) is 23.7. The molecule has 2 N–H and O–H groups in total. The number of carbonyl (C=O) groups excluding carboxylic acids is 1. The second-order valence-electron chi connectivity index (χ2n) is 5.72. The van der Waals surface area contributed by atoms with Crippen LogP contribution in [0, 0.1) is 10.1 Å². The largest absolute Gasteiger partial charge is 0.358 e. The molecule has 0 saturated carbocycles. The van der Waals surface area contributed by atoms with Gasteiger partial charge in [0.15, 0.2) is 5.70 Å². The van der Waals surface area contributed by atoms with Crippen LogP contribution in [0.1, 0.15) is 23.2 Å². The fourth-order valence-electron chi connectivity index (χ4n) is 3.27. The van der Waals surface area contributed by atoms with Gasteiger partial charge in [-0.3, -0.25) is 4.79 Å². The molecule has 0 fully saturated rings. The highest BCUT2D eigenvalue weighted by molar-refractivity contribution is 6.21. The Balaban J connectivity index is 2.08. The van der Waals surface area contributed by atoms with Crippen molar-refractivity contribution >= 4 is 23.0 Å². The molecule has 7 nitrogen and oxygen atoms in total. The maximum atomic E-state index is 12.6. The van der Waals surface area contributed by atoms with Crippen LogP contribution in [0.3, 0.4) is 0 Å². The number of hydrogen-bond acceptors (Lipinski definition) is 4. The topological polar surface area (TPSA) is 94.4 Å². The molecule has 7 heteroatoms. The van der Waals surface area contributed by atoms with Crippen molar-refractivity contribution in [1.29, 1.82) is 0 Å². The van der Waals surface area contributed by atoms with Crippen molar-refractivity contribution in [3.05, 3.63) is 75.6 Å². The Hall–Kier alpha value is -3.19. The zero-order valence-electron chi connectivity index (χ0n) is 12.7. The molecule has 4 rings (SSSR count). The lowest BCUT2D eigenvalue weighted by atomic mass is 9.96. The van der Waals surface area contributed by atoms with Crippen LogP contribution in [0.4, 0.5) is 5.82 Å². The number of hydrogen-bond donors (Lipinski definition) is 1. The van der Waals surface area contributed by atoms with E-state index in [0.717, 1.165) is 16.1 Å². The summed E-state index contributed by atoms with van der Waals surface area (Å²) in [6, 6.07) is 10.7. The number of benzene rings is 1. The number of amides is 1. The molecule has 2 aromatic rings. The quantitative estimate of drug-likeness (QED) is 0.397. The van der Waals surface area contributed by atoms with Crippen LogP contribution in [0.5, 0.6) is 0 Å². The maximum absolute atomic E-state index is 12.6. The molecule has 1 amide bonds. The zero-order valence-corrected chi connectivity index (χ0v) is 12.7. The zero-order chi connectivity index (χ0) is 16.8. The van der Waals surface area contributed by atoms with Crippen molar-refractivity contribution in [3.8, 4) is 0 Å². The molecule has 0 bridgehead atoms. The smallest absolute Gasteiger partial charge is 0.329 e. The lowest BCUT2D eigenvalue weighted by Crippen LogP contribution is -2.32. The van der Waals surface area contributed by atoms with E-state index in [0.29, 0.717) is 29.8 Å². The molecular weight excluding hydrogens is 308 g/mol. The summed E-state index contributed by atoms with van der Waals surface area (Å²) in [6.45, 7) is 0. The normalized spacial score (nSPS) is 16.2. The minimum absolute atomic E-state index is 0.0639. The molecule has 120 valence electrons. The van der Waals surface area contributed by atoms with Gasteiger partial charge in [-0.05, 0) is 17.8 Å². The highest BCUT2D eigenvalue weighted by Gasteiger charge is 2.37. The van der Waals surface area contributed by atoms with Crippen LogP contribution in [0.15, 0.2) is 48.7 Å². The van der Waals surface area contributed by atoms with Crippen molar-refractivity contribution in [1.82, 2.24) is 9.58 Å². The first-order valence-corrected chi connectivity index (χ1v) is 7.53. The highest BCUT2D eigenvalue weighted by Crippen LogP contribution is 2.39. The monoisotopic (exact) mass is 322 g/mol. The Morgan fingerprint density at radius 3 is 2.67 bits per heavy atom. The summed E-state index contributed by atoms with van der Waals surface area (Å²) in [7, 11) is 0. The molecule has 1 aromatic heterocycles. The van der Waals surface area contributed by atoms with Crippen LogP contribution in [-0.2, 0) is 11.2 Å². The number of nitrogens with two attached hydrogens (primary N) is 1. The molecule has 1 aromatic carbocycles. The first kappa shape index (κ1) is 14.4. The van der Waals surface area contributed by atoms with Crippen LogP contribution in [0.25, 0.3) is 11.3 Å². The predicted molar refractivity (Wildman–Crippen MR) is 88.2 cm³/mol. The average molecular weight is 322 g/mol. The minimum Gasteiger partial charge on any atom is -0.358 e. The molecule has 0 saturated heterocycles. The summed E-state index contributed by atoms with van der Waals surface area (Å²) >= 11 is 0. The van der Waals surface area contributed by atoms with Crippen LogP contribution in [0.2, 0.25) is 0 Å². The van der Waals surface area contributed by atoms with E-state index in [-0.39, 0.29) is 11.7 Å². The highest BCUT2D eigenvalue weighted by atomic mass is 16.6. The molecule has 0 spiro atoms. The summed E-state index contributed by atoms with van der Waals surface area (Å²) < 4.78 is 1.53. The first-order valence-electron chi connectivity index (χ1n) is 7.53. The van der Waals surface area contributed by atoms with Crippen molar-refractivity contribution in [2.75, 3.05) is 0 Å². The molecule has 2 heterocycles. The molecular formula is C17H14N4O3. The van der Waals surface area contributed by atoms with Gasteiger partial charge >= 0.3 is 5.82 Å². The molecule has 1 aliphatic heterocycles. The summed E-state index contributed by atoms with van der Waals surface area (Å²) in [5, 5.41) is 12.6. The third kappa shape index (κ3) is 1.99. The van der Waals surface area contributed by atoms with E-state index in [1.54, 1.807) is 12.1 Å². The fraction of sp³-hybridized carbons (Fsp3) is 0.118. The Morgan fingerprint density at radius 2 is 1.96 bits per heavy atom. The van der Waals surface area contributed by atoms with Gasteiger partial charge in [-0.2, -0.15) is 4.57 Å². The van der Waals surface area contributed by atoms with Crippen molar-refractivity contribution in [2.45, 2.75) is 12.8 Å². The van der Waals surface area contributed by atoms with Gasteiger partial charge < -0.3 is 10.1 Å². The van der Waals surface area contributed by atoms with Gasteiger partial charge in [-0.15, -0.1) is 0 Å². The van der Waals surface area contributed by atoms with E-state index in [9.17, 15) is 14.9 Å². The molecule has 0 atom stereocenters. The third-order valence-corrected chi connectivity index (χ3v) is 4.30. The van der Waals surface area contributed by atoms with E-state index < -0.39 is 4.92 Å². The van der Waals surface area contributed by atoms with Gasteiger partial charge in [0, 0.05) is 17.2 Å². The van der Waals surface area contributed by atoms with E-state index in [4.69, 9.17) is 5.84 Å². The molecule has 2 aliphatic rings. The van der Waals surface area contributed by atoms with Gasteiger partial charge in [0.25, 0.3) is 5.91 Å². The number of allylic oxidation sites excluding steroid dienone is 1. The Morgan fingerprint density at radius 1 is 1.21 bits per heavy atom. The van der Waals surface area contributed by atoms with Crippen LogP contribution >= 0.6 is 0 Å². The Labute approximate surface area is 137 Å². The summed E-state index contributed by atoms with van der Waals surface area (Å²) in [5.41, 5.74) is 3.03. The van der Waals surface area contributed by atoms with Crippen molar-refractivity contribution in [3.63, 3.8) is 0 Å². The van der Waals surface area contributed by atoms with Gasteiger partial charge in [0.2, 0.25) is 0 Å². The number of rotatable bonds is 2. The Bertz CT molecular complexity index is 925. The van der Waals surface area contributed by atoms with Crippen molar-refractivity contribution < 1.29 is 9.72 Å². The lowest BCUT2D eigenvalue weighted by Gasteiger charge is -2.13. The van der Waals surface area contributed by atoms with Crippen LogP contribution < -0.4 is 5.84 Å². The first-order chi connectivity index (χ1) is 11.6. The fourth-order valence-corrected chi connectivity index (χ4v) is 3.27. The molecule has 0 radical (unpaired) electrons. The maximum Gasteiger partial charge on any atom is 0.329 e. The van der Waals surface area contributed by atoms with Gasteiger partial charge in [0.1, 0.15) is 5.69 Å². The second kappa shape index (κ2) is 5.17. The number of nitro groups is 1. The molecule has 0 unspecified atom stereocenters. The standard InChI is InChI=1S/C17H14N4O3/c18-19-10-14(11-5-2-1-3-6-11)20-15(21(23)24)9-12-7-4-8-13(16(12)20)17(19)22/h1-3,5-6,8-10H,4,7,18H2.